The van der Waals surface area contributed by atoms with Crippen molar-refractivity contribution in [1.82, 2.24) is 10.2 Å². The van der Waals surface area contributed by atoms with Crippen molar-refractivity contribution in [2.45, 2.75) is 78.1 Å². The molecule has 0 bridgehead atoms. The quantitative estimate of drug-likeness (QED) is 0.121. The van der Waals surface area contributed by atoms with E-state index in [4.69, 9.17) is 0 Å². The van der Waals surface area contributed by atoms with E-state index in [-0.39, 0.29) is 36.5 Å². The second-order valence-corrected chi connectivity index (χ2v) is 12.9. The lowest BCUT2D eigenvalue weighted by Gasteiger charge is -2.23. The van der Waals surface area contributed by atoms with E-state index in [1.807, 2.05) is 85.8 Å². The lowest BCUT2D eigenvalue weighted by atomic mass is 9.93. The monoisotopic (exact) mass is 700 g/mol. The molecule has 2 heterocycles. The Morgan fingerprint density at radius 1 is 0.712 bits per heavy atom. The normalized spacial score (nSPS) is 16.6. The predicted molar refractivity (Wildman–Crippen MR) is 205 cm³/mol. The van der Waals surface area contributed by atoms with Gasteiger partial charge in [-0.1, -0.05) is 100 Å². The zero-order chi connectivity index (χ0) is 37.4. The van der Waals surface area contributed by atoms with Gasteiger partial charge in [-0.3, -0.25) is 29.5 Å². The van der Waals surface area contributed by atoms with Gasteiger partial charge >= 0.3 is 0 Å². The molecule has 0 spiro atoms. The number of hydrogen-bond donors (Lipinski definition) is 2. The van der Waals surface area contributed by atoms with Crippen LogP contribution in [0.25, 0.3) is 0 Å². The number of rotatable bonds is 11. The van der Waals surface area contributed by atoms with Crippen LogP contribution < -0.4 is 15.8 Å². The Balaban J connectivity index is 0.000000201. The maximum absolute atomic E-state index is 13.2. The van der Waals surface area contributed by atoms with Crippen LogP contribution in [0.5, 0.6) is 0 Å². The van der Waals surface area contributed by atoms with E-state index in [1.165, 1.54) is 11.9 Å². The second kappa shape index (κ2) is 17.0. The van der Waals surface area contributed by atoms with Crippen molar-refractivity contribution in [3.05, 3.63) is 118 Å². The highest BCUT2D eigenvalue weighted by molar-refractivity contribution is 6.09. The fourth-order valence-corrected chi connectivity index (χ4v) is 6.81. The first-order chi connectivity index (χ1) is 25.2. The Bertz CT molecular complexity index is 1990. The minimum atomic E-state index is -0.477. The number of benzene rings is 4. The minimum Gasteiger partial charge on any atom is -0.359 e. The number of hydrogen-bond acceptors (Lipinski definition) is 7. The molecule has 10 nitrogen and oxygen atoms in total. The maximum Gasteiger partial charge on any atom is 0.253 e. The number of carbonyl (C=O) groups excluding carboxylic acids is 4. The third-order valence-corrected chi connectivity index (χ3v) is 9.87. The summed E-state index contributed by atoms with van der Waals surface area (Å²) < 4.78 is 0. The molecule has 4 amide bonds. The topological polar surface area (TPSA) is 124 Å². The van der Waals surface area contributed by atoms with Crippen LogP contribution in [0.4, 0.5) is 22.7 Å². The average molecular weight is 701 g/mol. The van der Waals surface area contributed by atoms with Gasteiger partial charge in [-0.25, -0.2) is 5.01 Å². The molecule has 2 aliphatic heterocycles. The lowest BCUT2D eigenvalue weighted by Crippen LogP contribution is -2.36. The van der Waals surface area contributed by atoms with Crippen LogP contribution in [0.15, 0.2) is 95.2 Å². The van der Waals surface area contributed by atoms with Gasteiger partial charge in [0.05, 0.1) is 34.6 Å². The summed E-state index contributed by atoms with van der Waals surface area (Å²) in [7, 11) is 3.13. The minimum absolute atomic E-state index is 0.0876. The average Bonchev–Trinajstić information content (AvgIpc) is 3.59. The lowest BCUT2D eigenvalue weighted by molar-refractivity contribution is -0.137. The number of fused-ring (bicyclic) bond motifs is 1. The highest BCUT2D eigenvalue weighted by Crippen LogP contribution is 2.42. The molecule has 270 valence electrons. The zero-order valence-corrected chi connectivity index (χ0v) is 30.9. The first kappa shape index (κ1) is 37.6. The number of amides is 4. The summed E-state index contributed by atoms with van der Waals surface area (Å²) in [5.74, 6) is -1.48. The van der Waals surface area contributed by atoms with Crippen LogP contribution in [0.2, 0.25) is 0 Å². The standard InChI is InChI=1S/C21H23N3O2.C21H25N3O2/c1-4-14-9-6-7-12-18(14)22-23-20-15(5-2)10-8-11-16(20)17-13-19(25)24(3)21(17)26;1-4-14-9-6-7-12-18(14)23-24-20-15(5-2)10-8-11-16(20)17(21(24)26)13-19(25)22-3/h6-12,17H,4-5,13H2,1-3H3;6-12,17,23H,4-5,13H2,1-3H3,(H,22,25). The molecule has 0 aliphatic carbocycles. The number of para-hydroxylation sites is 2. The van der Waals surface area contributed by atoms with Crippen molar-refractivity contribution in [3.8, 4) is 0 Å². The highest BCUT2D eigenvalue weighted by Gasteiger charge is 2.40. The van der Waals surface area contributed by atoms with Gasteiger partial charge in [-0.15, -0.1) is 5.11 Å². The van der Waals surface area contributed by atoms with Crippen molar-refractivity contribution >= 4 is 46.4 Å². The van der Waals surface area contributed by atoms with E-state index >= 15 is 0 Å². The summed E-state index contributed by atoms with van der Waals surface area (Å²) in [6.45, 7) is 8.29. The summed E-state index contributed by atoms with van der Waals surface area (Å²) in [6, 6.07) is 27.6. The summed E-state index contributed by atoms with van der Waals surface area (Å²) in [6.07, 6.45) is 3.69. The van der Waals surface area contributed by atoms with E-state index in [9.17, 15) is 19.2 Å². The molecule has 6 rings (SSSR count). The molecule has 4 aromatic rings. The van der Waals surface area contributed by atoms with E-state index in [0.717, 1.165) is 76.1 Å². The Labute approximate surface area is 306 Å². The number of aryl methyl sites for hydroxylation is 4. The summed E-state index contributed by atoms with van der Waals surface area (Å²) in [5, 5.41) is 13.3. The van der Waals surface area contributed by atoms with Crippen molar-refractivity contribution in [1.29, 1.82) is 0 Å². The molecule has 0 radical (unpaired) electrons. The molecule has 0 aromatic heterocycles. The molecular formula is C42H48N6O4. The molecule has 4 aromatic carbocycles. The van der Waals surface area contributed by atoms with Gasteiger partial charge in [-0.05, 0) is 71.2 Å². The molecule has 2 aliphatic rings. The number of likely N-dealkylation sites (N-methyl/N-ethyl adjacent to an activating group) is 1. The number of azo groups is 1. The van der Waals surface area contributed by atoms with Crippen LogP contribution in [-0.4, -0.2) is 42.6 Å². The van der Waals surface area contributed by atoms with Crippen molar-refractivity contribution < 1.29 is 19.2 Å². The summed E-state index contributed by atoms with van der Waals surface area (Å²) in [4.78, 5) is 50.7. The van der Waals surface area contributed by atoms with Gasteiger partial charge < -0.3 is 5.32 Å². The van der Waals surface area contributed by atoms with Gasteiger partial charge in [0.15, 0.2) is 0 Å². The number of likely N-dealkylation sites (tertiary alicyclic amines) is 1. The Hall–Kier alpha value is -5.64. The van der Waals surface area contributed by atoms with Crippen molar-refractivity contribution in [2.75, 3.05) is 24.5 Å². The number of nitrogens with zero attached hydrogens (tertiary/aromatic N) is 4. The number of imide groups is 1. The summed E-state index contributed by atoms with van der Waals surface area (Å²) >= 11 is 0. The molecule has 0 saturated carbocycles. The number of carbonyl (C=O) groups is 4. The predicted octanol–water partition coefficient (Wildman–Crippen LogP) is 8.10. The van der Waals surface area contributed by atoms with E-state index < -0.39 is 11.8 Å². The van der Waals surface area contributed by atoms with Crippen LogP contribution in [0.1, 0.15) is 85.8 Å². The fourth-order valence-electron chi connectivity index (χ4n) is 6.81. The smallest absolute Gasteiger partial charge is 0.253 e. The van der Waals surface area contributed by atoms with Crippen molar-refractivity contribution in [2.24, 2.45) is 10.2 Å². The van der Waals surface area contributed by atoms with Gasteiger partial charge in [0.25, 0.3) is 5.91 Å². The van der Waals surface area contributed by atoms with Gasteiger partial charge in [0.2, 0.25) is 17.7 Å². The molecule has 1 saturated heterocycles. The van der Waals surface area contributed by atoms with Gasteiger partial charge in [0.1, 0.15) is 0 Å². The van der Waals surface area contributed by atoms with Gasteiger partial charge in [-0.2, -0.15) is 5.11 Å². The molecule has 2 unspecified atom stereocenters. The second-order valence-electron chi connectivity index (χ2n) is 12.9. The van der Waals surface area contributed by atoms with Crippen LogP contribution in [0.3, 0.4) is 0 Å². The van der Waals surface area contributed by atoms with Crippen molar-refractivity contribution in [3.63, 3.8) is 0 Å². The molecule has 52 heavy (non-hydrogen) atoms. The number of hydrazine groups is 1. The largest absolute Gasteiger partial charge is 0.359 e. The Morgan fingerprint density at radius 3 is 1.94 bits per heavy atom. The Morgan fingerprint density at radius 2 is 1.31 bits per heavy atom. The molecule has 2 atom stereocenters. The SMILES string of the molecule is CCc1ccccc1N=Nc1c(CC)cccc1C1CC(=O)N(C)C1=O.CCc1ccccc1NN1C(=O)C(CC(=O)NC)c2cccc(CC)c21. The van der Waals surface area contributed by atoms with E-state index in [2.05, 4.69) is 47.8 Å². The number of nitrogens with one attached hydrogen (secondary N) is 2. The van der Waals surface area contributed by atoms with E-state index in [1.54, 1.807) is 12.1 Å². The first-order valence-electron chi connectivity index (χ1n) is 18.1. The van der Waals surface area contributed by atoms with Crippen LogP contribution in [0, 0.1) is 0 Å². The molecule has 1 fully saturated rings. The Kier molecular flexibility index (Phi) is 12.3. The van der Waals surface area contributed by atoms with Gasteiger partial charge in [0, 0.05) is 26.9 Å². The highest BCUT2D eigenvalue weighted by atomic mass is 16.2. The van der Waals surface area contributed by atoms with E-state index in [0.29, 0.717) is 5.69 Å². The third kappa shape index (κ3) is 7.81. The zero-order valence-electron chi connectivity index (χ0n) is 30.9. The third-order valence-electron chi connectivity index (χ3n) is 9.87. The van der Waals surface area contributed by atoms with Crippen LogP contribution in [-0.2, 0) is 44.9 Å². The first-order valence-corrected chi connectivity index (χ1v) is 18.1. The molecule has 2 N–H and O–H groups in total. The fraction of sp³-hybridized carbons (Fsp3) is 0.333. The summed E-state index contributed by atoms with van der Waals surface area (Å²) in [5.41, 5.74) is 12.7. The molecular weight excluding hydrogens is 652 g/mol. The molecule has 10 heteroatoms. The van der Waals surface area contributed by atoms with Crippen LogP contribution >= 0.6 is 0 Å². The maximum atomic E-state index is 13.2. The number of anilines is 2.